The van der Waals surface area contributed by atoms with E-state index < -0.39 is 11.0 Å². The number of nitro groups is 1. The number of rotatable bonds is 6. The van der Waals surface area contributed by atoms with Crippen molar-refractivity contribution in [1.29, 1.82) is 5.26 Å². The highest BCUT2D eigenvalue weighted by molar-refractivity contribution is 5.49. The first kappa shape index (κ1) is 13.3. The van der Waals surface area contributed by atoms with Crippen LogP contribution >= 0.6 is 0 Å². The molecule has 6 heteroatoms. The van der Waals surface area contributed by atoms with Crippen molar-refractivity contribution in [3.8, 4) is 11.8 Å². The first-order valence-electron chi connectivity index (χ1n) is 6.17. The van der Waals surface area contributed by atoms with Gasteiger partial charge in [-0.15, -0.1) is 0 Å². The van der Waals surface area contributed by atoms with Crippen molar-refractivity contribution in [2.75, 3.05) is 0 Å². The van der Waals surface area contributed by atoms with E-state index in [-0.39, 0.29) is 11.4 Å². The van der Waals surface area contributed by atoms with Gasteiger partial charge < -0.3 is 10.1 Å². The highest BCUT2D eigenvalue weighted by Crippen LogP contribution is 2.29. The third-order valence-electron chi connectivity index (χ3n) is 2.88. The molecule has 0 aromatic heterocycles. The average Bonchev–Trinajstić information content (AvgIpc) is 3.21. The lowest BCUT2D eigenvalue weighted by Gasteiger charge is -2.09. The zero-order chi connectivity index (χ0) is 13.8. The van der Waals surface area contributed by atoms with Crippen molar-refractivity contribution in [3.05, 3.63) is 33.9 Å². The van der Waals surface area contributed by atoms with E-state index in [0.717, 1.165) is 5.56 Å². The van der Waals surface area contributed by atoms with E-state index in [9.17, 15) is 10.1 Å². The second-order valence-electron chi connectivity index (χ2n) is 4.60. The van der Waals surface area contributed by atoms with Gasteiger partial charge in [0.15, 0.2) is 11.9 Å². The molecule has 1 aliphatic carbocycles. The van der Waals surface area contributed by atoms with E-state index in [0.29, 0.717) is 12.6 Å². The van der Waals surface area contributed by atoms with Crippen molar-refractivity contribution in [2.24, 2.45) is 0 Å². The summed E-state index contributed by atoms with van der Waals surface area (Å²) in [4.78, 5) is 10.5. The summed E-state index contributed by atoms with van der Waals surface area (Å²) < 4.78 is 5.23. The lowest BCUT2D eigenvalue weighted by Crippen LogP contribution is -2.15. The molecular weight excluding hydrogens is 246 g/mol. The molecule has 1 unspecified atom stereocenters. The number of ether oxygens (including phenoxy) is 1. The van der Waals surface area contributed by atoms with Gasteiger partial charge in [-0.25, -0.2) is 0 Å². The lowest BCUT2D eigenvalue weighted by atomic mass is 10.2. The van der Waals surface area contributed by atoms with E-state index in [1.807, 2.05) is 6.07 Å². The molecule has 0 spiro atoms. The van der Waals surface area contributed by atoms with Crippen LogP contribution in [0.25, 0.3) is 0 Å². The normalized spacial score (nSPS) is 15.6. The highest BCUT2D eigenvalue weighted by Gasteiger charge is 2.21. The molecule has 2 rings (SSSR count). The average molecular weight is 261 g/mol. The Kier molecular flexibility index (Phi) is 3.97. The molecule has 0 bridgehead atoms. The fraction of sp³-hybridized carbons (Fsp3) is 0.462. The largest absolute Gasteiger partial charge is 0.469 e. The Morgan fingerprint density at radius 1 is 1.63 bits per heavy atom. The van der Waals surface area contributed by atoms with Gasteiger partial charge in [-0.3, -0.25) is 10.1 Å². The monoisotopic (exact) mass is 261 g/mol. The molecular formula is C13H15N3O3. The number of nitriles is 1. The van der Waals surface area contributed by atoms with Crippen LogP contribution in [0.2, 0.25) is 0 Å². The maximum absolute atomic E-state index is 11.0. The van der Waals surface area contributed by atoms with E-state index >= 15 is 0 Å². The standard InChI is InChI=1S/C13H15N3O3/c1-9(7-14)19-13-5-2-10(6-12(13)16(17)18)8-15-11-3-4-11/h2,5-6,9,11,15H,3-4,8H2,1H3. The van der Waals surface area contributed by atoms with Crippen molar-refractivity contribution < 1.29 is 9.66 Å². The SMILES string of the molecule is CC(C#N)Oc1ccc(CNC2CC2)cc1[N+](=O)[O-]. The Bertz CT molecular complexity index is 520. The molecule has 0 radical (unpaired) electrons. The van der Waals surface area contributed by atoms with Gasteiger partial charge in [-0.1, -0.05) is 6.07 Å². The third kappa shape index (κ3) is 3.66. The Labute approximate surface area is 111 Å². The first-order chi connectivity index (χ1) is 9.10. The van der Waals surface area contributed by atoms with Crippen LogP contribution in [0.15, 0.2) is 18.2 Å². The second kappa shape index (κ2) is 5.67. The van der Waals surface area contributed by atoms with Crippen molar-refractivity contribution in [1.82, 2.24) is 5.32 Å². The molecule has 19 heavy (non-hydrogen) atoms. The van der Waals surface area contributed by atoms with Crippen LogP contribution in [0.3, 0.4) is 0 Å². The van der Waals surface area contributed by atoms with Gasteiger partial charge >= 0.3 is 5.69 Å². The topological polar surface area (TPSA) is 88.2 Å². The molecule has 0 heterocycles. The third-order valence-corrected chi connectivity index (χ3v) is 2.88. The Balaban J connectivity index is 2.14. The molecule has 1 atom stereocenters. The van der Waals surface area contributed by atoms with Crippen molar-refractivity contribution >= 4 is 5.69 Å². The maximum Gasteiger partial charge on any atom is 0.311 e. The van der Waals surface area contributed by atoms with E-state index in [1.165, 1.54) is 18.9 Å². The molecule has 0 aliphatic heterocycles. The van der Waals surface area contributed by atoms with Gasteiger partial charge in [0.05, 0.1) is 4.92 Å². The molecule has 1 fully saturated rings. The predicted octanol–water partition coefficient (Wildman–Crippen LogP) is 2.14. The minimum absolute atomic E-state index is 0.0998. The van der Waals surface area contributed by atoms with Crippen LogP contribution in [-0.2, 0) is 6.54 Å². The summed E-state index contributed by atoms with van der Waals surface area (Å²) in [5, 5.41) is 23.0. The molecule has 1 aromatic rings. The first-order valence-corrected chi connectivity index (χ1v) is 6.17. The summed E-state index contributed by atoms with van der Waals surface area (Å²) in [6.07, 6.45) is 1.63. The van der Waals surface area contributed by atoms with Crippen LogP contribution < -0.4 is 10.1 Å². The number of nitrogens with zero attached hydrogens (tertiary/aromatic N) is 2. The highest BCUT2D eigenvalue weighted by atomic mass is 16.6. The van der Waals surface area contributed by atoms with Gasteiger partial charge in [-0.05, 0) is 31.4 Å². The summed E-state index contributed by atoms with van der Waals surface area (Å²) in [5.74, 6) is 0.134. The molecule has 0 saturated heterocycles. The number of nitrogens with one attached hydrogen (secondary N) is 1. The van der Waals surface area contributed by atoms with Crippen LogP contribution in [0.1, 0.15) is 25.3 Å². The van der Waals surface area contributed by atoms with Crippen LogP contribution in [0.4, 0.5) is 5.69 Å². The van der Waals surface area contributed by atoms with Gasteiger partial charge in [0, 0.05) is 18.7 Å². The molecule has 6 nitrogen and oxygen atoms in total. The number of nitro benzene ring substituents is 1. The number of hydrogen-bond acceptors (Lipinski definition) is 5. The quantitative estimate of drug-likeness (QED) is 0.626. The number of benzene rings is 1. The predicted molar refractivity (Wildman–Crippen MR) is 68.7 cm³/mol. The van der Waals surface area contributed by atoms with E-state index in [2.05, 4.69) is 5.32 Å². The van der Waals surface area contributed by atoms with Gasteiger partial charge in [-0.2, -0.15) is 5.26 Å². The van der Waals surface area contributed by atoms with E-state index in [1.54, 1.807) is 19.1 Å². The Hall–Kier alpha value is -2.13. The van der Waals surface area contributed by atoms with Crippen LogP contribution in [0, 0.1) is 21.4 Å². The summed E-state index contributed by atoms with van der Waals surface area (Å²) in [6.45, 7) is 2.16. The van der Waals surface area contributed by atoms with E-state index in [4.69, 9.17) is 10.00 Å². The van der Waals surface area contributed by atoms with Crippen LogP contribution in [0.5, 0.6) is 5.75 Å². The van der Waals surface area contributed by atoms with Gasteiger partial charge in [0.2, 0.25) is 0 Å². The van der Waals surface area contributed by atoms with Gasteiger partial charge in [0.25, 0.3) is 0 Å². The molecule has 1 saturated carbocycles. The number of hydrogen-bond donors (Lipinski definition) is 1. The lowest BCUT2D eigenvalue weighted by molar-refractivity contribution is -0.386. The zero-order valence-corrected chi connectivity index (χ0v) is 10.6. The molecule has 1 aliphatic rings. The minimum Gasteiger partial charge on any atom is -0.469 e. The van der Waals surface area contributed by atoms with Crippen molar-refractivity contribution in [2.45, 2.75) is 38.5 Å². The Morgan fingerprint density at radius 2 is 2.37 bits per heavy atom. The summed E-state index contributed by atoms with van der Waals surface area (Å²) in [5.41, 5.74) is 0.743. The zero-order valence-electron chi connectivity index (χ0n) is 10.6. The fourth-order valence-corrected chi connectivity index (χ4v) is 1.68. The fourth-order valence-electron chi connectivity index (χ4n) is 1.68. The summed E-state index contributed by atoms with van der Waals surface area (Å²) >= 11 is 0. The summed E-state index contributed by atoms with van der Waals surface area (Å²) in [7, 11) is 0. The minimum atomic E-state index is -0.714. The van der Waals surface area contributed by atoms with Crippen molar-refractivity contribution in [3.63, 3.8) is 0 Å². The maximum atomic E-state index is 11.0. The molecule has 0 amide bonds. The van der Waals surface area contributed by atoms with Crippen LogP contribution in [-0.4, -0.2) is 17.1 Å². The second-order valence-corrected chi connectivity index (χ2v) is 4.60. The smallest absolute Gasteiger partial charge is 0.311 e. The molecule has 1 N–H and O–H groups in total. The summed E-state index contributed by atoms with van der Waals surface area (Å²) in [6, 6.07) is 7.26. The Morgan fingerprint density at radius 3 is 2.95 bits per heavy atom. The molecule has 100 valence electrons. The molecule has 1 aromatic carbocycles. The van der Waals surface area contributed by atoms with Gasteiger partial charge in [0.1, 0.15) is 6.07 Å².